The van der Waals surface area contributed by atoms with E-state index < -0.39 is 11.7 Å². The van der Waals surface area contributed by atoms with E-state index in [-0.39, 0.29) is 12.1 Å². The highest BCUT2D eigenvalue weighted by molar-refractivity contribution is 5.68. The minimum Gasteiger partial charge on any atom is -0.444 e. The van der Waals surface area contributed by atoms with Crippen LogP contribution in [0.3, 0.4) is 0 Å². The number of anilines is 1. The molecule has 0 aliphatic heterocycles. The van der Waals surface area contributed by atoms with Gasteiger partial charge in [-0.25, -0.2) is 4.79 Å². The van der Waals surface area contributed by atoms with Crippen molar-refractivity contribution in [2.45, 2.75) is 59.2 Å². The highest BCUT2D eigenvalue weighted by atomic mass is 16.6. The van der Waals surface area contributed by atoms with Crippen LogP contribution < -0.4 is 16.0 Å². The van der Waals surface area contributed by atoms with E-state index in [1.807, 2.05) is 39.8 Å². The second-order valence-corrected chi connectivity index (χ2v) is 6.81. The molecule has 2 atom stereocenters. The number of amides is 1. The van der Waals surface area contributed by atoms with E-state index >= 15 is 0 Å². The van der Waals surface area contributed by atoms with Gasteiger partial charge in [0.2, 0.25) is 0 Å². The third kappa shape index (κ3) is 5.75. The van der Waals surface area contributed by atoms with Crippen molar-refractivity contribution < 1.29 is 9.53 Å². The van der Waals surface area contributed by atoms with E-state index in [0.717, 1.165) is 12.2 Å². The third-order valence-electron chi connectivity index (χ3n) is 3.73. The Morgan fingerprint density at radius 1 is 1.35 bits per heavy atom. The summed E-state index contributed by atoms with van der Waals surface area (Å²) in [6, 6.07) is 8.07. The van der Waals surface area contributed by atoms with Gasteiger partial charge in [-0.15, -0.1) is 0 Å². The predicted molar refractivity (Wildman–Crippen MR) is 95.9 cm³/mol. The Labute approximate surface area is 140 Å². The number of aryl methyl sites for hydroxylation is 1. The fraction of sp³-hybridized carbons (Fsp3) is 0.611. The topological polar surface area (TPSA) is 67.6 Å². The molecular formula is C18H31N3O2. The molecule has 0 spiro atoms. The second-order valence-electron chi connectivity index (χ2n) is 6.81. The fourth-order valence-corrected chi connectivity index (χ4v) is 2.66. The fourth-order valence-electron chi connectivity index (χ4n) is 2.66. The van der Waals surface area contributed by atoms with Crippen LogP contribution >= 0.6 is 0 Å². The molecule has 0 fully saturated rings. The van der Waals surface area contributed by atoms with Crippen LogP contribution in [-0.2, 0) is 4.74 Å². The standard InChI is InChI=1S/C18H31N3O2/c1-7-21(15-11-9-8-10-13(15)2)16(12-19)14(3)20-17(22)23-18(4,5)6/h8-11,14,16H,7,12,19H2,1-6H3,(H,20,22). The lowest BCUT2D eigenvalue weighted by Gasteiger charge is -2.37. The SMILES string of the molecule is CCN(c1ccccc1C)C(CN)C(C)NC(=O)OC(C)(C)C. The van der Waals surface area contributed by atoms with Crippen LogP contribution in [0.4, 0.5) is 10.5 Å². The number of carbonyl (C=O) groups is 1. The second kappa shape index (κ2) is 8.20. The van der Waals surface area contributed by atoms with Gasteiger partial charge in [-0.1, -0.05) is 18.2 Å². The van der Waals surface area contributed by atoms with Crippen molar-refractivity contribution in [3.8, 4) is 0 Å². The average molecular weight is 321 g/mol. The quantitative estimate of drug-likeness (QED) is 0.845. The van der Waals surface area contributed by atoms with Gasteiger partial charge < -0.3 is 20.7 Å². The first kappa shape index (κ1) is 19.3. The molecule has 1 aromatic rings. The summed E-state index contributed by atoms with van der Waals surface area (Å²) >= 11 is 0. The highest BCUT2D eigenvalue weighted by Crippen LogP contribution is 2.22. The first-order chi connectivity index (χ1) is 10.7. The van der Waals surface area contributed by atoms with Gasteiger partial charge in [-0.3, -0.25) is 0 Å². The molecule has 5 heteroatoms. The van der Waals surface area contributed by atoms with Gasteiger partial charge in [0, 0.05) is 18.8 Å². The zero-order chi connectivity index (χ0) is 17.6. The molecule has 3 N–H and O–H groups in total. The summed E-state index contributed by atoms with van der Waals surface area (Å²) in [5, 5.41) is 2.91. The molecule has 5 nitrogen and oxygen atoms in total. The largest absolute Gasteiger partial charge is 0.444 e. The Bertz CT molecular complexity index is 511. The Morgan fingerprint density at radius 3 is 2.43 bits per heavy atom. The molecule has 0 aliphatic rings. The minimum absolute atomic E-state index is 0.00591. The predicted octanol–water partition coefficient (Wildman–Crippen LogP) is 3.06. The number of para-hydroxylation sites is 1. The van der Waals surface area contributed by atoms with Gasteiger partial charge in [0.25, 0.3) is 0 Å². The van der Waals surface area contributed by atoms with Crippen LogP contribution in [0.15, 0.2) is 24.3 Å². The number of benzene rings is 1. The summed E-state index contributed by atoms with van der Waals surface area (Å²) < 4.78 is 5.34. The van der Waals surface area contributed by atoms with E-state index in [1.54, 1.807) is 0 Å². The van der Waals surface area contributed by atoms with Gasteiger partial charge >= 0.3 is 6.09 Å². The van der Waals surface area contributed by atoms with E-state index in [9.17, 15) is 4.79 Å². The Hall–Kier alpha value is -1.75. The molecule has 0 aliphatic carbocycles. The molecular weight excluding hydrogens is 290 g/mol. The van der Waals surface area contributed by atoms with Crippen LogP contribution in [0.1, 0.15) is 40.2 Å². The Morgan fingerprint density at radius 2 is 1.96 bits per heavy atom. The summed E-state index contributed by atoms with van der Waals surface area (Å²) in [6.45, 7) is 12.9. The van der Waals surface area contributed by atoms with E-state index in [0.29, 0.717) is 6.54 Å². The number of rotatable bonds is 6. The first-order valence-corrected chi connectivity index (χ1v) is 8.21. The van der Waals surface area contributed by atoms with Crippen LogP contribution in [0, 0.1) is 6.92 Å². The van der Waals surface area contributed by atoms with E-state index in [2.05, 4.69) is 36.2 Å². The number of alkyl carbamates (subject to hydrolysis) is 1. The summed E-state index contributed by atoms with van der Waals surface area (Å²) in [6.07, 6.45) is -0.413. The zero-order valence-corrected chi connectivity index (χ0v) is 15.2. The van der Waals surface area contributed by atoms with E-state index in [1.165, 1.54) is 5.56 Å². The molecule has 0 saturated carbocycles. The molecule has 0 heterocycles. The smallest absolute Gasteiger partial charge is 0.407 e. The summed E-state index contributed by atoms with van der Waals surface area (Å²) in [7, 11) is 0. The molecule has 0 aromatic heterocycles. The molecule has 0 radical (unpaired) electrons. The lowest BCUT2D eigenvalue weighted by Crippen LogP contribution is -2.54. The molecule has 1 aromatic carbocycles. The zero-order valence-electron chi connectivity index (χ0n) is 15.2. The maximum absolute atomic E-state index is 12.0. The van der Waals surface area contributed by atoms with Crippen molar-refractivity contribution in [2.24, 2.45) is 5.73 Å². The molecule has 1 rings (SSSR count). The van der Waals surface area contributed by atoms with Gasteiger partial charge in [-0.05, 0) is 53.2 Å². The molecule has 1 amide bonds. The lowest BCUT2D eigenvalue weighted by atomic mass is 10.1. The summed E-state index contributed by atoms with van der Waals surface area (Å²) in [4.78, 5) is 14.2. The van der Waals surface area contributed by atoms with Crippen LogP contribution in [0.25, 0.3) is 0 Å². The van der Waals surface area contributed by atoms with Gasteiger partial charge in [0.15, 0.2) is 0 Å². The van der Waals surface area contributed by atoms with E-state index in [4.69, 9.17) is 10.5 Å². The van der Waals surface area contributed by atoms with Gasteiger partial charge in [0.1, 0.15) is 5.60 Å². The Kier molecular flexibility index (Phi) is 6.88. The Balaban J connectivity index is 2.88. The molecule has 2 unspecified atom stereocenters. The van der Waals surface area contributed by atoms with Crippen molar-refractivity contribution in [1.82, 2.24) is 5.32 Å². The minimum atomic E-state index is -0.511. The highest BCUT2D eigenvalue weighted by Gasteiger charge is 2.26. The number of hydrogen-bond donors (Lipinski definition) is 2. The molecule has 23 heavy (non-hydrogen) atoms. The summed E-state index contributed by atoms with van der Waals surface area (Å²) in [5.74, 6) is 0. The average Bonchev–Trinajstić information content (AvgIpc) is 2.43. The van der Waals surface area contributed by atoms with Gasteiger partial charge in [-0.2, -0.15) is 0 Å². The number of likely N-dealkylation sites (N-methyl/N-ethyl adjacent to an activating group) is 1. The number of ether oxygens (including phenoxy) is 1. The maximum atomic E-state index is 12.0. The van der Waals surface area contributed by atoms with Crippen LogP contribution in [0.5, 0.6) is 0 Å². The van der Waals surface area contributed by atoms with Crippen LogP contribution in [0.2, 0.25) is 0 Å². The molecule has 0 saturated heterocycles. The monoisotopic (exact) mass is 321 g/mol. The van der Waals surface area contributed by atoms with Crippen molar-refractivity contribution in [2.75, 3.05) is 18.0 Å². The number of carbonyl (C=O) groups excluding carboxylic acids is 1. The summed E-state index contributed by atoms with van der Waals surface area (Å²) in [5.41, 5.74) is 7.83. The van der Waals surface area contributed by atoms with Crippen molar-refractivity contribution in [3.63, 3.8) is 0 Å². The number of nitrogens with two attached hydrogens (primary N) is 1. The third-order valence-corrected chi connectivity index (χ3v) is 3.73. The number of nitrogens with zero attached hydrogens (tertiary/aromatic N) is 1. The number of hydrogen-bond acceptors (Lipinski definition) is 4. The van der Waals surface area contributed by atoms with Crippen LogP contribution in [-0.4, -0.2) is 36.9 Å². The van der Waals surface area contributed by atoms with Crippen molar-refractivity contribution >= 4 is 11.8 Å². The van der Waals surface area contributed by atoms with Crippen molar-refractivity contribution in [1.29, 1.82) is 0 Å². The first-order valence-electron chi connectivity index (χ1n) is 8.21. The maximum Gasteiger partial charge on any atom is 0.407 e. The van der Waals surface area contributed by atoms with Crippen molar-refractivity contribution in [3.05, 3.63) is 29.8 Å². The van der Waals surface area contributed by atoms with Gasteiger partial charge in [0.05, 0.1) is 12.1 Å². The lowest BCUT2D eigenvalue weighted by molar-refractivity contribution is 0.0502. The normalized spacial score (nSPS) is 14.0. The molecule has 0 bridgehead atoms. The molecule has 130 valence electrons. The number of nitrogens with one attached hydrogen (secondary N) is 1.